The van der Waals surface area contributed by atoms with Crippen molar-refractivity contribution in [3.63, 3.8) is 0 Å². The molecule has 4 aromatic carbocycles. The van der Waals surface area contributed by atoms with Gasteiger partial charge in [-0.1, -0.05) is 115 Å². The first-order valence-corrected chi connectivity index (χ1v) is 16.7. The third-order valence-electron chi connectivity index (χ3n) is 7.62. The van der Waals surface area contributed by atoms with Crippen LogP contribution in [0.25, 0.3) is 16.7 Å². The Hall–Kier alpha value is -4.10. The van der Waals surface area contributed by atoms with Gasteiger partial charge in [0.05, 0.1) is 13.2 Å². The molecule has 4 nitrogen and oxygen atoms in total. The Bertz CT molecular complexity index is 1590. The Labute approximate surface area is 292 Å². The van der Waals surface area contributed by atoms with E-state index < -0.39 is 0 Å². The van der Waals surface area contributed by atoms with E-state index in [0.29, 0.717) is 18.8 Å². The molecule has 0 radical (unpaired) electrons. The predicted molar refractivity (Wildman–Crippen MR) is 188 cm³/mol. The molecule has 0 saturated carbocycles. The van der Waals surface area contributed by atoms with Crippen molar-refractivity contribution >= 4 is 32.6 Å². The number of hydrogen-bond donors (Lipinski definition) is 0. The van der Waals surface area contributed by atoms with Crippen LogP contribution in [-0.2, 0) is 0 Å². The lowest BCUT2D eigenvalue weighted by molar-refractivity contribution is -0.0000103. The van der Waals surface area contributed by atoms with E-state index in [1.807, 2.05) is 61.5 Å². The zero-order chi connectivity index (χ0) is 31.9. The maximum atomic E-state index is 9.40. The summed E-state index contributed by atoms with van der Waals surface area (Å²) < 4.78 is 12.1. The number of alkyl halides is 1. The van der Waals surface area contributed by atoms with Gasteiger partial charge in [0.2, 0.25) is 0 Å². The number of nitriles is 2. The highest BCUT2D eigenvalue weighted by molar-refractivity contribution is 9.09. The van der Waals surface area contributed by atoms with Gasteiger partial charge in [-0.15, -0.1) is 0 Å². The van der Waals surface area contributed by atoms with Gasteiger partial charge in [-0.2, -0.15) is 10.5 Å². The van der Waals surface area contributed by atoms with Gasteiger partial charge in [0.15, 0.2) is 0 Å². The van der Waals surface area contributed by atoms with Crippen LogP contribution in [0.2, 0.25) is 0 Å². The van der Waals surface area contributed by atoms with Crippen LogP contribution in [0.5, 0.6) is 11.5 Å². The van der Waals surface area contributed by atoms with Crippen molar-refractivity contribution in [3.8, 4) is 23.6 Å². The fraction of sp³-hybridized carbons (Fsp3) is 0.250. The second-order valence-electron chi connectivity index (χ2n) is 10.8. The molecule has 0 aliphatic carbocycles. The number of ether oxygens (including phenoxy) is 2. The zero-order valence-corrected chi connectivity index (χ0v) is 29.6. The largest absolute Gasteiger partial charge is 1.00 e. The van der Waals surface area contributed by atoms with E-state index in [1.165, 1.54) is 0 Å². The second-order valence-corrected chi connectivity index (χ2v) is 11.6. The van der Waals surface area contributed by atoms with Crippen molar-refractivity contribution in [1.82, 2.24) is 0 Å². The molecule has 0 heterocycles. The van der Waals surface area contributed by atoms with Gasteiger partial charge in [0, 0.05) is 5.33 Å². The monoisotopic (exact) mass is 737 g/mol. The van der Waals surface area contributed by atoms with Crippen LogP contribution in [0, 0.1) is 22.7 Å². The minimum Gasteiger partial charge on any atom is -1.00 e. The number of unbranched alkanes of at least 4 members (excludes halogenated alkanes) is 3. The lowest BCUT2D eigenvalue weighted by atomic mass is 9.85. The Balaban J connectivity index is 0.00000576. The third-order valence-corrected chi connectivity index (χ3v) is 8.18. The molecule has 0 saturated heterocycles. The van der Waals surface area contributed by atoms with E-state index in [-0.39, 0.29) is 22.6 Å². The van der Waals surface area contributed by atoms with E-state index in [1.54, 1.807) is 0 Å². The quantitative estimate of drug-likeness (QED) is 0.0545. The molecule has 0 aliphatic heterocycles. The van der Waals surface area contributed by atoms with Gasteiger partial charge in [-0.25, -0.2) is 0 Å². The summed E-state index contributed by atoms with van der Waals surface area (Å²) in [5, 5.41) is 19.8. The summed E-state index contributed by atoms with van der Waals surface area (Å²) in [6.07, 6.45) is 5.43. The van der Waals surface area contributed by atoms with Crippen LogP contribution in [0.3, 0.4) is 0 Å². The van der Waals surface area contributed by atoms with Crippen LogP contribution in [0.4, 0.5) is 0 Å². The molecule has 0 amide bonds. The van der Waals surface area contributed by atoms with E-state index in [9.17, 15) is 10.5 Å². The first kappa shape index (κ1) is 36.4. The molecular weight excluding hydrogens is 700 g/mol. The van der Waals surface area contributed by atoms with Crippen molar-refractivity contribution in [1.29, 1.82) is 10.5 Å². The number of rotatable bonds is 15. The zero-order valence-electron chi connectivity index (χ0n) is 26.4. The summed E-state index contributed by atoms with van der Waals surface area (Å²) in [6.45, 7) is 5.40. The highest BCUT2D eigenvalue weighted by atomic mass is 79.9. The Kier molecular flexibility index (Phi) is 15.4. The SMILES string of the molecule is CCCCCOc1ccc(/C(=C(\c2ccccc2)c2ccc(C(C)=C(C#N)C#N)cc2)c2ccc(OCCCCBr)cc2)cc1.[Br-]. The standard InChI is InChI=1S/C40H39BrN2O2.BrH/c1-3-4-9-26-44-37-21-17-34(18-22-37)40(35-19-23-38(24-20-35)45-27-10-8-25-41)39(32-11-6-5-7-12-32)33-15-13-31(14-16-33)30(2)36(28-42)29-43;/h5-7,11-24H,3-4,8-10,25-27H2,1-2H3;1H/p-1/b40-39-;. The van der Waals surface area contributed by atoms with Crippen molar-refractivity contribution in [2.45, 2.75) is 46.0 Å². The minimum atomic E-state index is 0. The van der Waals surface area contributed by atoms with Crippen molar-refractivity contribution in [3.05, 3.63) is 137 Å². The molecule has 0 N–H and O–H groups in total. The lowest BCUT2D eigenvalue weighted by Gasteiger charge is -2.19. The number of hydrogen-bond acceptors (Lipinski definition) is 4. The summed E-state index contributed by atoms with van der Waals surface area (Å²) in [6, 6.07) is 39.2. The summed E-state index contributed by atoms with van der Waals surface area (Å²) in [5.41, 5.74) is 8.03. The number of nitrogens with zero attached hydrogens (tertiary/aromatic N) is 2. The number of halogens is 2. The van der Waals surface area contributed by atoms with Gasteiger partial charge in [0.25, 0.3) is 0 Å². The fourth-order valence-electron chi connectivity index (χ4n) is 5.10. The first-order valence-electron chi connectivity index (χ1n) is 15.5. The van der Waals surface area contributed by atoms with Crippen LogP contribution in [0.15, 0.2) is 109 Å². The van der Waals surface area contributed by atoms with E-state index in [2.05, 4.69) is 83.5 Å². The molecule has 0 bridgehead atoms. The van der Waals surface area contributed by atoms with Gasteiger partial charge in [0.1, 0.15) is 29.2 Å². The van der Waals surface area contributed by atoms with Crippen LogP contribution in [-0.4, -0.2) is 18.5 Å². The summed E-state index contributed by atoms with van der Waals surface area (Å²) in [4.78, 5) is 0. The molecular formula is C40H39Br2N2O2-. The number of benzene rings is 4. The molecule has 4 rings (SSSR count). The van der Waals surface area contributed by atoms with Crippen molar-refractivity contribution in [2.75, 3.05) is 18.5 Å². The third kappa shape index (κ3) is 9.95. The highest BCUT2D eigenvalue weighted by Gasteiger charge is 2.17. The maximum Gasteiger partial charge on any atom is 0.133 e. The van der Waals surface area contributed by atoms with Crippen molar-refractivity contribution in [2.24, 2.45) is 0 Å². The first-order chi connectivity index (χ1) is 22.1. The summed E-state index contributed by atoms with van der Waals surface area (Å²) in [7, 11) is 0. The van der Waals surface area contributed by atoms with Gasteiger partial charge >= 0.3 is 0 Å². The average Bonchev–Trinajstić information content (AvgIpc) is 3.09. The molecule has 236 valence electrons. The molecule has 6 heteroatoms. The van der Waals surface area contributed by atoms with E-state index in [4.69, 9.17) is 9.47 Å². The predicted octanol–water partition coefficient (Wildman–Crippen LogP) is 7.64. The average molecular weight is 740 g/mol. The Morgan fingerprint density at radius 3 is 1.43 bits per heavy atom. The molecule has 46 heavy (non-hydrogen) atoms. The molecule has 0 unspecified atom stereocenters. The topological polar surface area (TPSA) is 66.0 Å². The molecule has 0 aliphatic rings. The van der Waals surface area contributed by atoms with Crippen molar-refractivity contribution < 1.29 is 26.5 Å². The Morgan fingerprint density at radius 1 is 0.587 bits per heavy atom. The van der Waals surface area contributed by atoms with Crippen LogP contribution in [0.1, 0.15) is 73.8 Å². The van der Waals surface area contributed by atoms with Crippen LogP contribution < -0.4 is 26.5 Å². The maximum absolute atomic E-state index is 9.40. The van der Waals surface area contributed by atoms with E-state index in [0.717, 1.165) is 87.9 Å². The normalized spacial score (nSPS) is 10.9. The molecule has 0 atom stereocenters. The lowest BCUT2D eigenvalue weighted by Crippen LogP contribution is -3.00. The van der Waals surface area contributed by atoms with Gasteiger partial charge in [-0.3, -0.25) is 0 Å². The van der Waals surface area contributed by atoms with E-state index >= 15 is 0 Å². The molecule has 0 spiro atoms. The van der Waals surface area contributed by atoms with Crippen LogP contribution >= 0.6 is 15.9 Å². The fourth-order valence-corrected chi connectivity index (χ4v) is 5.50. The highest BCUT2D eigenvalue weighted by Crippen LogP contribution is 2.38. The summed E-state index contributed by atoms with van der Waals surface area (Å²) >= 11 is 3.49. The summed E-state index contributed by atoms with van der Waals surface area (Å²) in [5.74, 6) is 1.71. The molecule has 0 aromatic heterocycles. The van der Waals surface area contributed by atoms with Gasteiger partial charge in [-0.05, 0) is 95.0 Å². The smallest absolute Gasteiger partial charge is 0.133 e. The minimum absolute atomic E-state index is 0. The van der Waals surface area contributed by atoms with Gasteiger partial charge < -0.3 is 26.5 Å². The Morgan fingerprint density at radius 2 is 1.00 bits per heavy atom. The second kappa shape index (κ2) is 19.4. The molecule has 0 fully saturated rings. The molecule has 4 aromatic rings. The number of allylic oxidation sites excluding steroid dienone is 2.